The van der Waals surface area contributed by atoms with Gasteiger partial charge < -0.3 is 10.2 Å². The molecule has 7 nitrogen and oxygen atoms in total. The molecular formula is C26H29N7. The molecule has 33 heavy (non-hydrogen) atoms. The lowest BCUT2D eigenvalue weighted by Crippen LogP contribution is -2.36. The van der Waals surface area contributed by atoms with Crippen molar-refractivity contribution >= 4 is 22.3 Å². The first-order chi connectivity index (χ1) is 16.0. The van der Waals surface area contributed by atoms with Crippen LogP contribution in [0.3, 0.4) is 0 Å². The van der Waals surface area contributed by atoms with E-state index in [1.165, 1.54) is 25.1 Å². The standard InChI is InChI=1S/C26H29N7/c1-18(29-22-6-7-23(28-15-22)17-33-9-4-10-33)26-24-12-20(5-8-25(24)30-31-26)21-11-19(13-27-14-21)16-32(2)3/h5-8,11-15,29H,1,4,9-10,16-17H2,2-3H3,(H,30,31). The highest BCUT2D eigenvalue weighted by molar-refractivity contribution is 5.95. The third-order valence-corrected chi connectivity index (χ3v) is 5.93. The Morgan fingerprint density at radius 1 is 1.09 bits per heavy atom. The van der Waals surface area contributed by atoms with Gasteiger partial charge in [0.2, 0.25) is 0 Å². The number of hydrogen-bond acceptors (Lipinski definition) is 6. The average Bonchev–Trinajstić information content (AvgIpc) is 3.20. The molecule has 0 radical (unpaired) electrons. The predicted octanol–water partition coefficient (Wildman–Crippen LogP) is 4.37. The molecule has 168 valence electrons. The number of likely N-dealkylation sites (tertiary alicyclic amines) is 1. The highest BCUT2D eigenvalue weighted by Gasteiger charge is 2.15. The molecule has 0 spiro atoms. The van der Waals surface area contributed by atoms with Crippen molar-refractivity contribution in [1.29, 1.82) is 0 Å². The van der Waals surface area contributed by atoms with Gasteiger partial charge in [-0.05, 0) is 75.1 Å². The van der Waals surface area contributed by atoms with Gasteiger partial charge in [-0.1, -0.05) is 12.6 Å². The van der Waals surface area contributed by atoms with E-state index in [0.717, 1.165) is 57.9 Å². The molecule has 1 aliphatic rings. The van der Waals surface area contributed by atoms with Crippen molar-refractivity contribution in [2.45, 2.75) is 19.5 Å². The van der Waals surface area contributed by atoms with Crippen molar-refractivity contribution in [3.8, 4) is 11.1 Å². The van der Waals surface area contributed by atoms with Crippen LogP contribution in [0.4, 0.5) is 5.69 Å². The summed E-state index contributed by atoms with van der Waals surface area (Å²) in [7, 11) is 4.12. The van der Waals surface area contributed by atoms with Crippen LogP contribution in [-0.2, 0) is 13.1 Å². The van der Waals surface area contributed by atoms with Crippen molar-refractivity contribution in [2.75, 3.05) is 32.5 Å². The van der Waals surface area contributed by atoms with Gasteiger partial charge in [0.1, 0.15) is 5.69 Å². The van der Waals surface area contributed by atoms with E-state index in [4.69, 9.17) is 0 Å². The molecule has 0 saturated carbocycles. The second kappa shape index (κ2) is 9.13. The number of aromatic amines is 1. The third-order valence-electron chi connectivity index (χ3n) is 5.93. The molecule has 4 aromatic rings. The highest BCUT2D eigenvalue weighted by atomic mass is 15.2. The lowest BCUT2D eigenvalue weighted by atomic mass is 10.0. The topological polar surface area (TPSA) is 73.0 Å². The zero-order valence-corrected chi connectivity index (χ0v) is 19.2. The maximum atomic E-state index is 4.60. The molecule has 0 aliphatic carbocycles. The number of pyridine rings is 2. The van der Waals surface area contributed by atoms with Crippen LogP contribution in [0.5, 0.6) is 0 Å². The Hall–Kier alpha value is -3.55. The van der Waals surface area contributed by atoms with Crippen LogP contribution in [0.15, 0.2) is 61.6 Å². The van der Waals surface area contributed by atoms with Crippen molar-refractivity contribution < 1.29 is 0 Å². The van der Waals surface area contributed by atoms with Crippen LogP contribution in [0.25, 0.3) is 27.7 Å². The summed E-state index contributed by atoms with van der Waals surface area (Å²) >= 11 is 0. The van der Waals surface area contributed by atoms with Crippen LogP contribution < -0.4 is 5.32 Å². The summed E-state index contributed by atoms with van der Waals surface area (Å²) in [6.07, 6.45) is 6.97. The number of hydrogen-bond donors (Lipinski definition) is 2. The Morgan fingerprint density at radius 3 is 2.70 bits per heavy atom. The maximum absolute atomic E-state index is 4.60. The van der Waals surface area contributed by atoms with Crippen LogP contribution >= 0.6 is 0 Å². The van der Waals surface area contributed by atoms with Crippen molar-refractivity contribution in [3.05, 3.63) is 78.5 Å². The number of nitrogens with zero attached hydrogens (tertiary/aromatic N) is 5. The number of rotatable bonds is 8. The summed E-state index contributed by atoms with van der Waals surface area (Å²) in [5.74, 6) is 0. The van der Waals surface area contributed by atoms with E-state index in [2.05, 4.69) is 92.4 Å². The molecular weight excluding hydrogens is 410 g/mol. The van der Waals surface area contributed by atoms with Crippen molar-refractivity contribution in [1.82, 2.24) is 30.0 Å². The van der Waals surface area contributed by atoms with Crippen LogP contribution in [0.2, 0.25) is 0 Å². The number of H-pyrrole nitrogens is 1. The summed E-state index contributed by atoms with van der Waals surface area (Å²) in [6.45, 7) is 8.34. The molecule has 1 saturated heterocycles. The lowest BCUT2D eigenvalue weighted by Gasteiger charge is -2.30. The third kappa shape index (κ3) is 4.79. The van der Waals surface area contributed by atoms with Gasteiger partial charge in [-0.2, -0.15) is 5.10 Å². The van der Waals surface area contributed by atoms with E-state index in [1.54, 1.807) is 0 Å². The number of aromatic nitrogens is 4. The Morgan fingerprint density at radius 2 is 1.97 bits per heavy atom. The Kier molecular flexibility index (Phi) is 5.90. The van der Waals surface area contributed by atoms with Crippen molar-refractivity contribution in [3.63, 3.8) is 0 Å². The van der Waals surface area contributed by atoms with Gasteiger partial charge in [0.05, 0.1) is 28.8 Å². The summed E-state index contributed by atoms with van der Waals surface area (Å²) in [5.41, 5.74) is 7.86. The van der Waals surface area contributed by atoms with Crippen LogP contribution in [0, 0.1) is 0 Å². The Balaban J connectivity index is 1.35. The molecule has 1 aromatic carbocycles. The molecule has 0 unspecified atom stereocenters. The van der Waals surface area contributed by atoms with Gasteiger partial charge in [-0.15, -0.1) is 0 Å². The summed E-state index contributed by atoms with van der Waals surface area (Å²) in [5, 5.41) is 12.0. The zero-order valence-electron chi connectivity index (χ0n) is 19.2. The second-order valence-corrected chi connectivity index (χ2v) is 8.92. The normalized spacial score (nSPS) is 13.9. The molecule has 4 heterocycles. The van der Waals surface area contributed by atoms with Crippen LogP contribution in [-0.4, -0.2) is 57.1 Å². The molecule has 0 atom stereocenters. The largest absolute Gasteiger partial charge is 0.353 e. The second-order valence-electron chi connectivity index (χ2n) is 8.92. The molecule has 7 heteroatoms. The fourth-order valence-electron chi connectivity index (χ4n) is 4.12. The maximum Gasteiger partial charge on any atom is 0.116 e. The average molecular weight is 440 g/mol. The van der Waals surface area contributed by atoms with Gasteiger partial charge in [0, 0.05) is 36.4 Å². The van der Waals surface area contributed by atoms with Gasteiger partial charge in [0.15, 0.2) is 0 Å². The first kappa shape index (κ1) is 21.3. The van der Waals surface area contributed by atoms with E-state index < -0.39 is 0 Å². The number of anilines is 1. The van der Waals surface area contributed by atoms with Gasteiger partial charge in [-0.3, -0.25) is 20.0 Å². The smallest absolute Gasteiger partial charge is 0.116 e. The van der Waals surface area contributed by atoms with Crippen molar-refractivity contribution in [2.24, 2.45) is 0 Å². The quantitative estimate of drug-likeness (QED) is 0.425. The van der Waals surface area contributed by atoms with E-state index in [9.17, 15) is 0 Å². The molecule has 2 N–H and O–H groups in total. The predicted molar refractivity (Wildman–Crippen MR) is 134 cm³/mol. The molecule has 1 aliphatic heterocycles. The number of fused-ring (bicyclic) bond motifs is 1. The summed E-state index contributed by atoms with van der Waals surface area (Å²) in [4.78, 5) is 13.6. The van der Waals surface area contributed by atoms with Gasteiger partial charge in [-0.25, -0.2) is 0 Å². The molecule has 3 aromatic heterocycles. The molecule has 0 amide bonds. The fraction of sp³-hybridized carbons (Fsp3) is 0.269. The first-order valence-corrected chi connectivity index (χ1v) is 11.3. The van der Waals surface area contributed by atoms with E-state index in [0.29, 0.717) is 0 Å². The minimum absolute atomic E-state index is 0.732. The lowest BCUT2D eigenvalue weighted by molar-refractivity contribution is 0.170. The summed E-state index contributed by atoms with van der Waals surface area (Å²) in [6, 6.07) is 12.6. The molecule has 1 fully saturated rings. The van der Waals surface area contributed by atoms with E-state index >= 15 is 0 Å². The van der Waals surface area contributed by atoms with Crippen LogP contribution in [0.1, 0.15) is 23.4 Å². The summed E-state index contributed by atoms with van der Waals surface area (Å²) < 4.78 is 0. The monoisotopic (exact) mass is 439 g/mol. The van der Waals surface area contributed by atoms with Gasteiger partial charge in [0.25, 0.3) is 0 Å². The van der Waals surface area contributed by atoms with E-state index in [1.807, 2.05) is 18.6 Å². The first-order valence-electron chi connectivity index (χ1n) is 11.3. The van der Waals surface area contributed by atoms with Gasteiger partial charge >= 0.3 is 0 Å². The number of benzene rings is 1. The molecule has 0 bridgehead atoms. The van der Waals surface area contributed by atoms with E-state index in [-0.39, 0.29) is 0 Å². The minimum atomic E-state index is 0.732. The SMILES string of the molecule is C=C(Nc1ccc(CN2CCC2)nc1)c1n[nH]c2ccc(-c3cncc(CN(C)C)c3)cc12. The zero-order chi connectivity index (χ0) is 22.8. The number of nitrogens with one attached hydrogen (secondary N) is 2. The Bertz CT molecular complexity index is 1270. The highest BCUT2D eigenvalue weighted by Crippen LogP contribution is 2.29. The fourth-order valence-corrected chi connectivity index (χ4v) is 4.12. The minimum Gasteiger partial charge on any atom is -0.353 e. The Labute approximate surface area is 194 Å². The molecule has 5 rings (SSSR count).